The fraction of sp³-hybridized carbons (Fsp3) is 0.588. The van der Waals surface area contributed by atoms with E-state index in [0.717, 1.165) is 36.2 Å². The zero-order valence-electron chi connectivity index (χ0n) is 12.8. The lowest BCUT2D eigenvalue weighted by Crippen LogP contribution is -2.21. The van der Waals surface area contributed by atoms with E-state index in [-0.39, 0.29) is 11.3 Å². The second-order valence-electron chi connectivity index (χ2n) is 6.79. The van der Waals surface area contributed by atoms with Gasteiger partial charge in [0.2, 0.25) is 0 Å². The van der Waals surface area contributed by atoms with Crippen molar-refractivity contribution in [1.82, 2.24) is 5.32 Å². The minimum absolute atomic E-state index is 0.131. The lowest BCUT2D eigenvalue weighted by atomic mass is 9.82. The van der Waals surface area contributed by atoms with Gasteiger partial charge in [-0.3, -0.25) is 4.79 Å². The molecule has 2 rings (SSSR count). The van der Waals surface area contributed by atoms with Crippen LogP contribution in [0, 0.1) is 19.8 Å². The summed E-state index contributed by atoms with van der Waals surface area (Å²) in [5.74, 6) is 0.485. The summed E-state index contributed by atoms with van der Waals surface area (Å²) in [5, 5.41) is 3.28. The smallest absolute Gasteiger partial charge is 0.167 e. The molecular weight excluding hydrogens is 234 g/mol. The predicted molar refractivity (Wildman–Crippen MR) is 79.9 cm³/mol. The number of ketones is 1. The first-order valence-electron chi connectivity index (χ1n) is 7.17. The van der Waals surface area contributed by atoms with Gasteiger partial charge in [0, 0.05) is 18.0 Å². The predicted octanol–water partition coefficient (Wildman–Crippen LogP) is 3.39. The Labute approximate surface area is 116 Å². The van der Waals surface area contributed by atoms with Crippen molar-refractivity contribution in [3.63, 3.8) is 0 Å². The largest absolute Gasteiger partial charge is 0.316 e. The minimum Gasteiger partial charge on any atom is -0.316 e. The Morgan fingerprint density at radius 2 is 1.79 bits per heavy atom. The average molecular weight is 259 g/mol. The summed E-state index contributed by atoms with van der Waals surface area (Å²) in [5.41, 5.74) is 4.64. The van der Waals surface area contributed by atoms with Crippen LogP contribution in [0.4, 0.5) is 0 Å². The second-order valence-corrected chi connectivity index (χ2v) is 6.79. The van der Waals surface area contributed by atoms with Gasteiger partial charge >= 0.3 is 0 Å². The van der Waals surface area contributed by atoms with E-state index in [4.69, 9.17) is 0 Å². The Bertz CT molecular complexity index is 467. The van der Waals surface area contributed by atoms with Crippen molar-refractivity contribution in [3.05, 3.63) is 34.4 Å². The number of carbonyl (C=O) groups excluding carboxylic acids is 1. The summed E-state index contributed by atoms with van der Waals surface area (Å²) < 4.78 is 0. The standard InChI is InChI=1S/C17H25NO/c1-11-8-14(17(3,4)5)9-12(2)15(11)16(19)13-6-7-18-10-13/h8-9,13,18H,6-7,10H2,1-5H3. The maximum atomic E-state index is 12.6. The average Bonchev–Trinajstić information content (AvgIpc) is 2.79. The molecule has 0 aliphatic carbocycles. The van der Waals surface area contributed by atoms with E-state index in [9.17, 15) is 4.79 Å². The number of Topliss-reactive ketones (excluding diaryl/α,β-unsaturated/α-hetero) is 1. The monoisotopic (exact) mass is 259 g/mol. The van der Waals surface area contributed by atoms with Gasteiger partial charge in [-0.05, 0) is 48.9 Å². The molecule has 0 saturated carbocycles. The molecule has 1 heterocycles. The molecule has 0 spiro atoms. The van der Waals surface area contributed by atoms with Crippen molar-refractivity contribution < 1.29 is 4.79 Å². The van der Waals surface area contributed by atoms with Crippen molar-refractivity contribution in [3.8, 4) is 0 Å². The third-order valence-corrected chi connectivity index (χ3v) is 4.08. The summed E-state index contributed by atoms with van der Waals surface area (Å²) in [4.78, 5) is 12.6. The minimum atomic E-state index is 0.131. The van der Waals surface area contributed by atoms with Crippen molar-refractivity contribution in [2.75, 3.05) is 13.1 Å². The van der Waals surface area contributed by atoms with E-state index in [1.807, 2.05) is 0 Å². The van der Waals surface area contributed by atoms with Crippen LogP contribution >= 0.6 is 0 Å². The van der Waals surface area contributed by atoms with Gasteiger partial charge in [-0.15, -0.1) is 0 Å². The summed E-state index contributed by atoms with van der Waals surface area (Å²) >= 11 is 0. The molecule has 19 heavy (non-hydrogen) atoms. The fourth-order valence-corrected chi connectivity index (χ4v) is 2.87. The SMILES string of the molecule is Cc1cc(C(C)(C)C)cc(C)c1C(=O)C1CCNC1. The number of aryl methyl sites for hydroxylation is 2. The molecule has 104 valence electrons. The van der Waals surface area contributed by atoms with Gasteiger partial charge in [0.05, 0.1) is 0 Å². The van der Waals surface area contributed by atoms with Gasteiger partial charge < -0.3 is 5.32 Å². The lowest BCUT2D eigenvalue weighted by Gasteiger charge is -2.22. The van der Waals surface area contributed by atoms with Gasteiger partial charge in [0.1, 0.15) is 0 Å². The molecule has 2 heteroatoms. The first kappa shape index (κ1) is 14.3. The molecule has 1 fully saturated rings. The summed E-state index contributed by atoms with van der Waals surface area (Å²) in [6.07, 6.45) is 0.971. The van der Waals surface area contributed by atoms with Crippen LogP contribution in [0.3, 0.4) is 0 Å². The van der Waals surface area contributed by atoms with Gasteiger partial charge in [-0.2, -0.15) is 0 Å². The van der Waals surface area contributed by atoms with Crippen LogP contribution in [0.5, 0.6) is 0 Å². The van der Waals surface area contributed by atoms with Gasteiger partial charge in [0.25, 0.3) is 0 Å². The zero-order valence-corrected chi connectivity index (χ0v) is 12.8. The van der Waals surface area contributed by atoms with Crippen LogP contribution < -0.4 is 5.32 Å². The van der Waals surface area contributed by atoms with Crippen LogP contribution in [0.15, 0.2) is 12.1 Å². The van der Waals surface area contributed by atoms with E-state index in [1.165, 1.54) is 5.56 Å². The van der Waals surface area contributed by atoms with Gasteiger partial charge in [-0.1, -0.05) is 32.9 Å². The molecule has 1 atom stereocenters. The molecule has 0 amide bonds. The van der Waals surface area contributed by atoms with E-state index in [1.54, 1.807) is 0 Å². The quantitative estimate of drug-likeness (QED) is 0.825. The number of nitrogens with one attached hydrogen (secondary N) is 1. The van der Waals surface area contributed by atoms with Crippen LogP contribution in [-0.4, -0.2) is 18.9 Å². The molecule has 0 radical (unpaired) electrons. The maximum Gasteiger partial charge on any atom is 0.167 e. The van der Waals surface area contributed by atoms with Gasteiger partial charge in [-0.25, -0.2) is 0 Å². The Morgan fingerprint density at radius 3 is 2.21 bits per heavy atom. The first-order chi connectivity index (χ1) is 8.80. The Balaban J connectivity index is 2.39. The van der Waals surface area contributed by atoms with Crippen LogP contribution in [0.1, 0.15) is 54.2 Å². The van der Waals surface area contributed by atoms with E-state index in [0.29, 0.717) is 5.78 Å². The van der Waals surface area contributed by atoms with Crippen molar-refractivity contribution in [1.29, 1.82) is 0 Å². The molecule has 1 saturated heterocycles. The van der Waals surface area contributed by atoms with Crippen LogP contribution in [0.25, 0.3) is 0 Å². The normalized spacial score (nSPS) is 19.7. The third-order valence-electron chi connectivity index (χ3n) is 4.08. The van der Waals surface area contributed by atoms with Crippen molar-refractivity contribution >= 4 is 5.78 Å². The molecule has 1 unspecified atom stereocenters. The highest BCUT2D eigenvalue weighted by Crippen LogP contribution is 2.28. The molecule has 0 aromatic heterocycles. The topological polar surface area (TPSA) is 29.1 Å². The molecule has 1 aliphatic heterocycles. The first-order valence-corrected chi connectivity index (χ1v) is 7.17. The zero-order chi connectivity index (χ0) is 14.2. The Hall–Kier alpha value is -1.15. The number of hydrogen-bond acceptors (Lipinski definition) is 2. The number of carbonyl (C=O) groups is 1. The van der Waals surface area contributed by atoms with Crippen molar-refractivity contribution in [2.24, 2.45) is 5.92 Å². The van der Waals surface area contributed by atoms with Crippen LogP contribution in [0.2, 0.25) is 0 Å². The maximum absolute atomic E-state index is 12.6. The molecule has 1 aromatic rings. The number of benzene rings is 1. The second kappa shape index (κ2) is 5.09. The summed E-state index contributed by atoms with van der Waals surface area (Å²) in [7, 11) is 0. The van der Waals surface area contributed by atoms with E-state index < -0.39 is 0 Å². The molecule has 1 N–H and O–H groups in total. The van der Waals surface area contributed by atoms with Gasteiger partial charge in [0.15, 0.2) is 5.78 Å². The molecule has 0 bridgehead atoms. The third kappa shape index (κ3) is 2.89. The fourth-order valence-electron chi connectivity index (χ4n) is 2.87. The Kier molecular flexibility index (Phi) is 3.82. The van der Waals surface area contributed by atoms with E-state index in [2.05, 4.69) is 52.1 Å². The highest BCUT2D eigenvalue weighted by molar-refractivity contribution is 6.00. The highest BCUT2D eigenvalue weighted by atomic mass is 16.1. The van der Waals surface area contributed by atoms with Crippen molar-refractivity contribution in [2.45, 2.75) is 46.5 Å². The molecule has 2 nitrogen and oxygen atoms in total. The van der Waals surface area contributed by atoms with E-state index >= 15 is 0 Å². The highest BCUT2D eigenvalue weighted by Gasteiger charge is 2.27. The van der Waals surface area contributed by atoms with Crippen LogP contribution in [-0.2, 0) is 5.41 Å². The summed E-state index contributed by atoms with van der Waals surface area (Å²) in [6, 6.07) is 4.37. The summed E-state index contributed by atoms with van der Waals surface area (Å²) in [6.45, 7) is 12.6. The number of rotatable bonds is 2. The molecule has 1 aliphatic rings. The lowest BCUT2D eigenvalue weighted by molar-refractivity contribution is 0.0929. The Morgan fingerprint density at radius 1 is 1.21 bits per heavy atom. The number of hydrogen-bond donors (Lipinski definition) is 1. The molecular formula is C17H25NO. The molecule has 1 aromatic carbocycles.